The quantitative estimate of drug-likeness (QED) is 0.250. The number of fused-ring (bicyclic) bond motifs is 1. The Bertz CT molecular complexity index is 1070. The van der Waals surface area contributed by atoms with Gasteiger partial charge in [-0.1, -0.05) is 17.3 Å². The summed E-state index contributed by atoms with van der Waals surface area (Å²) in [5.74, 6) is -2.17. The average molecular weight is 496 g/mol. The van der Waals surface area contributed by atoms with Gasteiger partial charge in [-0.15, -0.1) is 11.8 Å². The summed E-state index contributed by atoms with van der Waals surface area (Å²) < 4.78 is 3.94. The first-order valence-electron chi connectivity index (χ1n) is 9.79. The molecule has 3 atom stereocenters. The van der Waals surface area contributed by atoms with Crippen LogP contribution in [0.3, 0.4) is 0 Å². The van der Waals surface area contributed by atoms with Crippen LogP contribution in [0.2, 0.25) is 0 Å². The van der Waals surface area contributed by atoms with E-state index in [1.165, 1.54) is 23.8 Å². The summed E-state index contributed by atoms with van der Waals surface area (Å²) in [6, 6.07) is -0.938. The van der Waals surface area contributed by atoms with E-state index in [-0.39, 0.29) is 28.5 Å². The molecule has 176 valence electrons. The minimum atomic E-state index is -1.22. The summed E-state index contributed by atoms with van der Waals surface area (Å²) in [5, 5.41) is 17.3. The first kappa shape index (κ1) is 23.2. The van der Waals surface area contributed by atoms with E-state index in [1.807, 2.05) is 7.05 Å². The zero-order valence-corrected chi connectivity index (χ0v) is 19.3. The van der Waals surface area contributed by atoms with Gasteiger partial charge in [0.1, 0.15) is 24.2 Å². The van der Waals surface area contributed by atoms with E-state index in [9.17, 15) is 19.5 Å². The molecule has 4 N–H and O–H groups in total. The van der Waals surface area contributed by atoms with Crippen LogP contribution < -0.4 is 11.1 Å². The normalized spacial score (nSPS) is 25.9. The monoisotopic (exact) mass is 495 g/mol. The Morgan fingerprint density at radius 1 is 1.45 bits per heavy atom. The van der Waals surface area contributed by atoms with E-state index in [2.05, 4.69) is 19.8 Å². The van der Waals surface area contributed by atoms with Gasteiger partial charge in [0.05, 0.1) is 6.10 Å². The lowest BCUT2D eigenvalue weighted by Gasteiger charge is -2.49. The highest BCUT2D eigenvalue weighted by Crippen LogP contribution is 2.40. The van der Waals surface area contributed by atoms with Crippen LogP contribution in [0.15, 0.2) is 28.6 Å². The maximum atomic E-state index is 12.8. The maximum Gasteiger partial charge on any atom is 0.352 e. The lowest BCUT2D eigenvalue weighted by Crippen LogP contribution is -2.71. The molecule has 0 aromatic carbocycles. The fourth-order valence-corrected chi connectivity index (χ4v) is 5.34. The number of hydroxylamine groups is 2. The van der Waals surface area contributed by atoms with Crippen molar-refractivity contribution in [3.05, 3.63) is 29.2 Å². The molecule has 0 saturated carbocycles. The molecule has 3 aliphatic heterocycles. The highest BCUT2D eigenvalue weighted by atomic mass is 32.2. The Balaban J connectivity index is 1.50. The molecule has 0 spiro atoms. The van der Waals surface area contributed by atoms with Crippen LogP contribution in [-0.2, 0) is 24.1 Å². The third kappa shape index (κ3) is 4.57. The molecule has 1 aromatic rings. The zero-order chi connectivity index (χ0) is 23.7. The number of carbonyl (C=O) groups is 3. The summed E-state index contributed by atoms with van der Waals surface area (Å²) in [5.41, 5.74) is 5.73. The molecule has 4 rings (SSSR count). The number of β-lactam (4-membered cyclic amide) rings is 1. The predicted molar refractivity (Wildman–Crippen MR) is 119 cm³/mol. The van der Waals surface area contributed by atoms with Gasteiger partial charge in [0.25, 0.3) is 11.8 Å². The number of nitrogens with two attached hydrogens (primary N) is 1. The lowest BCUT2D eigenvalue weighted by atomic mass is 10.0. The van der Waals surface area contributed by atoms with Crippen LogP contribution in [0, 0.1) is 0 Å². The smallest absolute Gasteiger partial charge is 0.352 e. The molecule has 4 heterocycles. The summed E-state index contributed by atoms with van der Waals surface area (Å²) in [6.07, 6.45) is 4.13. The molecule has 13 nitrogen and oxygen atoms in total. The third-order valence-electron chi connectivity index (χ3n) is 5.09. The van der Waals surface area contributed by atoms with Crippen molar-refractivity contribution in [3.63, 3.8) is 0 Å². The van der Waals surface area contributed by atoms with Gasteiger partial charge in [-0.05, 0) is 12.0 Å². The van der Waals surface area contributed by atoms with Gasteiger partial charge in [-0.2, -0.15) is 14.4 Å². The molecule has 2 amide bonds. The number of carbonyl (C=O) groups excluding carboxylic acids is 2. The van der Waals surface area contributed by atoms with E-state index < -0.39 is 29.2 Å². The molecule has 2 fully saturated rings. The second-order valence-electron chi connectivity index (χ2n) is 7.26. The standard InChI is InChI=1S/C18H21N7O6S2/c1-24-6-5-9(31-24)4-3-8-7-32-16-11(15(27)25(16)12(8)17(28)29)20-14(26)10(22-30-2)13-21-18(19)33-23-13/h3-4,9,11,16H,5-7H2,1-2H3,(H,20,26)(H,28,29)(H2,19,21,23)/b4-3+,22-10-/t9?,11-,16+/m1/s1. The van der Waals surface area contributed by atoms with Crippen LogP contribution in [0.4, 0.5) is 5.13 Å². The number of aliphatic carboxylic acids is 1. The Hall–Kier alpha value is -3.01. The number of thioether (sulfide) groups is 1. The summed E-state index contributed by atoms with van der Waals surface area (Å²) in [7, 11) is 3.08. The van der Waals surface area contributed by atoms with Gasteiger partial charge < -0.3 is 21.0 Å². The Morgan fingerprint density at radius 2 is 2.24 bits per heavy atom. The van der Waals surface area contributed by atoms with Gasteiger partial charge in [-0.25, -0.2) is 4.79 Å². The van der Waals surface area contributed by atoms with E-state index in [0.717, 1.165) is 24.5 Å². The number of hydrogen-bond donors (Lipinski definition) is 3. The molecule has 0 aliphatic carbocycles. The van der Waals surface area contributed by atoms with Crippen molar-refractivity contribution in [1.82, 2.24) is 24.6 Å². The molecular weight excluding hydrogens is 474 g/mol. The van der Waals surface area contributed by atoms with Crippen LogP contribution in [-0.4, -0.2) is 91.9 Å². The topological polar surface area (TPSA) is 173 Å². The van der Waals surface area contributed by atoms with E-state index in [4.69, 9.17) is 15.4 Å². The minimum absolute atomic E-state index is 0.0323. The van der Waals surface area contributed by atoms with E-state index >= 15 is 0 Å². The molecule has 15 heteroatoms. The molecule has 1 aromatic heterocycles. The number of aromatic nitrogens is 2. The van der Waals surface area contributed by atoms with Crippen molar-refractivity contribution in [2.75, 3.05) is 32.2 Å². The molecule has 33 heavy (non-hydrogen) atoms. The number of nitrogens with one attached hydrogen (secondary N) is 1. The van der Waals surface area contributed by atoms with Crippen molar-refractivity contribution >= 4 is 51.9 Å². The van der Waals surface area contributed by atoms with Gasteiger partial charge in [0.15, 0.2) is 5.13 Å². The molecule has 2 saturated heterocycles. The second kappa shape index (κ2) is 9.46. The zero-order valence-electron chi connectivity index (χ0n) is 17.6. The Kier molecular flexibility index (Phi) is 6.64. The number of carboxylic acids is 1. The van der Waals surface area contributed by atoms with Gasteiger partial charge in [0, 0.05) is 30.9 Å². The fraction of sp³-hybridized carbons (Fsp3) is 0.444. The highest BCUT2D eigenvalue weighted by Gasteiger charge is 2.54. The Morgan fingerprint density at radius 3 is 2.85 bits per heavy atom. The van der Waals surface area contributed by atoms with Crippen molar-refractivity contribution in [1.29, 1.82) is 0 Å². The van der Waals surface area contributed by atoms with Gasteiger partial charge >= 0.3 is 5.97 Å². The Labute approximate surface area is 196 Å². The second-order valence-corrected chi connectivity index (χ2v) is 9.15. The SMILES string of the molecule is CO/N=C(\C(=O)N[C@@H]1C(=O)N2C(C(=O)O)=C(/C=C/C3CCN(C)O3)CS[C@@H]12)c1nsc(N)n1. The van der Waals surface area contributed by atoms with Crippen LogP contribution in [0.25, 0.3) is 0 Å². The van der Waals surface area contributed by atoms with Crippen molar-refractivity contribution in [2.24, 2.45) is 5.16 Å². The number of carboxylic acid groups (broad SMARTS) is 1. The van der Waals surface area contributed by atoms with E-state index in [0.29, 0.717) is 11.3 Å². The van der Waals surface area contributed by atoms with Crippen molar-refractivity contribution in [2.45, 2.75) is 23.9 Å². The molecular formula is C18H21N7O6S2. The van der Waals surface area contributed by atoms with Gasteiger partial charge in [-0.3, -0.25) is 19.3 Å². The number of anilines is 1. The summed E-state index contributed by atoms with van der Waals surface area (Å²) in [4.78, 5) is 52.9. The van der Waals surface area contributed by atoms with Crippen LogP contribution in [0.5, 0.6) is 0 Å². The van der Waals surface area contributed by atoms with Gasteiger partial charge in [0.2, 0.25) is 11.5 Å². The molecule has 0 bridgehead atoms. The number of rotatable bonds is 7. The van der Waals surface area contributed by atoms with Crippen LogP contribution in [0.1, 0.15) is 12.2 Å². The average Bonchev–Trinajstić information content (AvgIpc) is 3.40. The van der Waals surface area contributed by atoms with E-state index in [1.54, 1.807) is 17.2 Å². The largest absolute Gasteiger partial charge is 0.477 e. The summed E-state index contributed by atoms with van der Waals surface area (Å²) in [6.45, 7) is 0.778. The van der Waals surface area contributed by atoms with Crippen molar-refractivity contribution < 1.29 is 29.2 Å². The highest BCUT2D eigenvalue weighted by molar-refractivity contribution is 8.00. The molecule has 1 unspecified atom stereocenters. The third-order valence-corrected chi connectivity index (χ3v) is 6.94. The number of nitrogen functional groups attached to an aromatic ring is 1. The fourth-order valence-electron chi connectivity index (χ4n) is 3.59. The maximum absolute atomic E-state index is 12.8. The first-order chi connectivity index (χ1) is 15.8. The lowest BCUT2D eigenvalue weighted by molar-refractivity contribution is -0.150. The van der Waals surface area contributed by atoms with Crippen molar-refractivity contribution in [3.8, 4) is 0 Å². The number of oxime groups is 1. The number of nitrogens with zero attached hydrogens (tertiary/aromatic N) is 5. The predicted octanol–water partition coefficient (Wildman–Crippen LogP) is -0.599. The number of allylic oxidation sites excluding steroid dienone is 1. The minimum Gasteiger partial charge on any atom is -0.477 e. The summed E-state index contributed by atoms with van der Waals surface area (Å²) >= 11 is 2.23. The number of amides is 2. The molecule has 0 radical (unpaired) electrons. The first-order valence-corrected chi connectivity index (χ1v) is 11.6. The van der Waals surface area contributed by atoms with Crippen LogP contribution >= 0.6 is 23.3 Å². The number of hydrogen-bond acceptors (Lipinski definition) is 12. The molecule has 3 aliphatic rings.